The van der Waals surface area contributed by atoms with Crippen LogP contribution in [0.4, 0.5) is 5.69 Å². The van der Waals surface area contributed by atoms with Crippen molar-refractivity contribution in [1.29, 1.82) is 0 Å². The summed E-state index contributed by atoms with van der Waals surface area (Å²) in [5, 5.41) is 3.69. The van der Waals surface area contributed by atoms with E-state index in [4.69, 9.17) is 0 Å². The van der Waals surface area contributed by atoms with Crippen LogP contribution in [0.25, 0.3) is 0 Å². The molecule has 2 unspecified atom stereocenters. The molecule has 3 rings (SSSR count). The fourth-order valence-corrected chi connectivity index (χ4v) is 3.83. The Labute approximate surface area is 123 Å². The highest BCUT2D eigenvalue weighted by Gasteiger charge is 2.20. The van der Waals surface area contributed by atoms with Crippen molar-refractivity contribution in [2.24, 2.45) is 11.8 Å². The number of fused-ring (bicyclic) bond motifs is 1. The SMILES string of the molecule is CC1CCCCC1CNCc1ccc2c(c1)CCN2C. The average molecular weight is 272 g/mol. The number of rotatable bonds is 4. The molecule has 1 heterocycles. The third-order valence-electron chi connectivity index (χ3n) is 5.30. The maximum Gasteiger partial charge on any atom is 0.0397 e. The molecule has 0 bridgehead atoms. The van der Waals surface area contributed by atoms with Gasteiger partial charge in [-0.1, -0.05) is 38.3 Å². The predicted molar refractivity (Wildman–Crippen MR) is 86.2 cm³/mol. The lowest BCUT2D eigenvalue weighted by Crippen LogP contribution is -2.29. The van der Waals surface area contributed by atoms with E-state index in [1.807, 2.05) is 0 Å². The van der Waals surface area contributed by atoms with E-state index in [0.717, 1.165) is 18.4 Å². The van der Waals surface area contributed by atoms with Crippen molar-refractivity contribution in [3.05, 3.63) is 29.3 Å². The highest BCUT2D eigenvalue weighted by molar-refractivity contribution is 5.58. The zero-order valence-electron chi connectivity index (χ0n) is 13.0. The summed E-state index contributed by atoms with van der Waals surface area (Å²) in [5.41, 5.74) is 4.40. The molecule has 1 saturated carbocycles. The molecule has 1 aliphatic carbocycles. The molecule has 1 fully saturated rings. The van der Waals surface area contributed by atoms with Gasteiger partial charge in [0.15, 0.2) is 0 Å². The molecule has 0 radical (unpaired) electrons. The Hall–Kier alpha value is -1.02. The zero-order valence-corrected chi connectivity index (χ0v) is 13.0. The standard InChI is InChI=1S/C18H28N2/c1-14-5-3-4-6-17(14)13-19-12-15-7-8-18-16(11-15)9-10-20(18)2/h7-8,11,14,17,19H,3-6,9-10,12-13H2,1-2H3. The molecule has 2 aliphatic rings. The normalized spacial score (nSPS) is 25.8. The minimum atomic E-state index is 0.893. The number of nitrogens with zero attached hydrogens (tertiary/aromatic N) is 1. The summed E-state index contributed by atoms with van der Waals surface area (Å²) in [7, 11) is 2.19. The van der Waals surface area contributed by atoms with Crippen LogP contribution in [0.1, 0.15) is 43.7 Å². The number of likely N-dealkylation sites (N-methyl/N-ethyl adjacent to an activating group) is 1. The summed E-state index contributed by atoms with van der Waals surface area (Å²) in [6.45, 7) is 5.82. The smallest absolute Gasteiger partial charge is 0.0397 e. The molecule has 2 heteroatoms. The summed E-state index contributed by atoms with van der Waals surface area (Å²) >= 11 is 0. The first-order chi connectivity index (χ1) is 9.74. The number of benzene rings is 1. The van der Waals surface area contributed by atoms with Crippen LogP contribution in [0.15, 0.2) is 18.2 Å². The minimum Gasteiger partial charge on any atom is -0.374 e. The Bertz CT molecular complexity index is 455. The second-order valence-electron chi connectivity index (χ2n) is 6.79. The molecule has 2 atom stereocenters. The first-order valence-corrected chi connectivity index (χ1v) is 8.27. The van der Waals surface area contributed by atoms with Crippen LogP contribution < -0.4 is 10.2 Å². The van der Waals surface area contributed by atoms with Crippen LogP contribution in [0.5, 0.6) is 0 Å². The summed E-state index contributed by atoms with van der Waals surface area (Å²) in [6, 6.07) is 6.98. The second kappa shape index (κ2) is 6.17. The Morgan fingerprint density at radius 2 is 2.10 bits per heavy atom. The monoisotopic (exact) mass is 272 g/mol. The lowest BCUT2D eigenvalue weighted by molar-refractivity contribution is 0.247. The van der Waals surface area contributed by atoms with Crippen LogP contribution in [0.3, 0.4) is 0 Å². The van der Waals surface area contributed by atoms with Crippen LogP contribution in [0.2, 0.25) is 0 Å². The van der Waals surface area contributed by atoms with Crippen molar-refractivity contribution in [2.45, 2.75) is 45.6 Å². The summed E-state index contributed by atoms with van der Waals surface area (Å²) in [6.07, 6.45) is 6.93. The molecule has 1 N–H and O–H groups in total. The molecule has 0 saturated heterocycles. The average Bonchev–Trinajstić information content (AvgIpc) is 2.82. The topological polar surface area (TPSA) is 15.3 Å². The van der Waals surface area contributed by atoms with E-state index in [9.17, 15) is 0 Å². The van der Waals surface area contributed by atoms with Crippen LogP contribution in [-0.4, -0.2) is 20.1 Å². The van der Waals surface area contributed by atoms with E-state index < -0.39 is 0 Å². The van der Waals surface area contributed by atoms with E-state index in [2.05, 4.69) is 42.4 Å². The van der Waals surface area contributed by atoms with Crippen molar-refractivity contribution in [2.75, 3.05) is 25.0 Å². The van der Waals surface area contributed by atoms with Gasteiger partial charge >= 0.3 is 0 Å². The lowest BCUT2D eigenvalue weighted by atomic mass is 9.80. The molecule has 2 nitrogen and oxygen atoms in total. The molecule has 0 amide bonds. The van der Waals surface area contributed by atoms with E-state index in [-0.39, 0.29) is 0 Å². The predicted octanol–water partition coefficient (Wildman–Crippen LogP) is 3.59. The number of hydrogen-bond donors (Lipinski definition) is 1. The highest BCUT2D eigenvalue weighted by Crippen LogP contribution is 2.29. The fraction of sp³-hybridized carbons (Fsp3) is 0.667. The number of nitrogens with one attached hydrogen (secondary N) is 1. The van der Waals surface area contributed by atoms with Gasteiger partial charge in [0, 0.05) is 25.8 Å². The van der Waals surface area contributed by atoms with Gasteiger partial charge in [-0.2, -0.15) is 0 Å². The van der Waals surface area contributed by atoms with Crippen molar-refractivity contribution in [1.82, 2.24) is 5.32 Å². The van der Waals surface area contributed by atoms with Gasteiger partial charge in [-0.15, -0.1) is 0 Å². The van der Waals surface area contributed by atoms with E-state index in [1.165, 1.54) is 62.0 Å². The van der Waals surface area contributed by atoms with Gasteiger partial charge in [0.1, 0.15) is 0 Å². The number of anilines is 1. The maximum atomic E-state index is 3.69. The molecule has 1 aromatic carbocycles. The zero-order chi connectivity index (χ0) is 13.9. The van der Waals surface area contributed by atoms with Gasteiger partial charge < -0.3 is 10.2 Å². The summed E-state index contributed by atoms with van der Waals surface area (Å²) < 4.78 is 0. The van der Waals surface area contributed by atoms with Crippen molar-refractivity contribution < 1.29 is 0 Å². The first-order valence-electron chi connectivity index (χ1n) is 8.27. The van der Waals surface area contributed by atoms with Crippen molar-refractivity contribution >= 4 is 5.69 Å². The highest BCUT2D eigenvalue weighted by atomic mass is 15.1. The van der Waals surface area contributed by atoms with Crippen LogP contribution in [0, 0.1) is 11.8 Å². The first kappa shape index (κ1) is 13.9. The van der Waals surface area contributed by atoms with Crippen LogP contribution in [-0.2, 0) is 13.0 Å². The fourth-order valence-electron chi connectivity index (χ4n) is 3.83. The molecule has 1 aromatic rings. The minimum absolute atomic E-state index is 0.893. The third kappa shape index (κ3) is 3.01. The van der Waals surface area contributed by atoms with Crippen molar-refractivity contribution in [3.63, 3.8) is 0 Å². The summed E-state index contributed by atoms with van der Waals surface area (Å²) in [5.74, 6) is 1.80. The summed E-state index contributed by atoms with van der Waals surface area (Å²) in [4.78, 5) is 2.36. The quantitative estimate of drug-likeness (QED) is 0.901. The van der Waals surface area contributed by atoms with Gasteiger partial charge in [-0.05, 0) is 48.4 Å². The van der Waals surface area contributed by atoms with E-state index in [0.29, 0.717) is 0 Å². The van der Waals surface area contributed by atoms with Gasteiger partial charge in [-0.3, -0.25) is 0 Å². The lowest BCUT2D eigenvalue weighted by Gasteiger charge is -2.29. The van der Waals surface area contributed by atoms with Crippen molar-refractivity contribution in [3.8, 4) is 0 Å². The van der Waals surface area contributed by atoms with Gasteiger partial charge in [0.2, 0.25) is 0 Å². The Balaban J connectivity index is 1.51. The van der Waals surface area contributed by atoms with Gasteiger partial charge in [0.05, 0.1) is 0 Å². The third-order valence-corrected chi connectivity index (χ3v) is 5.30. The maximum absolute atomic E-state index is 3.69. The van der Waals surface area contributed by atoms with E-state index in [1.54, 1.807) is 0 Å². The number of hydrogen-bond acceptors (Lipinski definition) is 2. The largest absolute Gasteiger partial charge is 0.374 e. The molecular formula is C18H28N2. The second-order valence-corrected chi connectivity index (χ2v) is 6.79. The molecule has 0 aromatic heterocycles. The van der Waals surface area contributed by atoms with Crippen LogP contribution >= 0.6 is 0 Å². The molecule has 1 aliphatic heterocycles. The Morgan fingerprint density at radius 3 is 2.95 bits per heavy atom. The van der Waals surface area contributed by atoms with Gasteiger partial charge in [0.25, 0.3) is 0 Å². The molecule has 110 valence electrons. The Morgan fingerprint density at radius 1 is 1.25 bits per heavy atom. The Kier molecular flexibility index (Phi) is 4.30. The molecule has 0 spiro atoms. The van der Waals surface area contributed by atoms with Gasteiger partial charge in [-0.25, -0.2) is 0 Å². The van der Waals surface area contributed by atoms with E-state index >= 15 is 0 Å². The molecule has 20 heavy (non-hydrogen) atoms. The molecular weight excluding hydrogens is 244 g/mol.